The zero-order valence-corrected chi connectivity index (χ0v) is 24.1. The Kier molecular flexibility index (Phi) is 8.28. The number of alkyl halides is 1. The van der Waals surface area contributed by atoms with Crippen molar-refractivity contribution in [3.8, 4) is 0 Å². The molecule has 5 atom stereocenters. The van der Waals surface area contributed by atoms with E-state index >= 15 is 4.39 Å². The number of hydrogen-bond donors (Lipinski definition) is 3. The number of halogens is 1. The first kappa shape index (κ1) is 29.6. The quantitative estimate of drug-likeness (QED) is 0.198. The Morgan fingerprint density at radius 1 is 1.18 bits per heavy atom. The molecule has 0 aromatic heterocycles. The average Bonchev–Trinajstić information content (AvgIpc) is 3.61. The summed E-state index contributed by atoms with van der Waals surface area (Å²) in [6.07, 6.45) is 5.72. The SMILES string of the molecule is CC(C)(C)OC(=O)N[C@@H]1CCCCC/C=C\[C@@H]2N(S(=O)(=O)C3CC3)C(=O)[C@]2(F)NC(=O)[C@@H]2C[C@@H](S)CN2C1=O. The summed E-state index contributed by atoms with van der Waals surface area (Å²) in [6.45, 7) is 5.17. The maximum absolute atomic E-state index is 16.1. The standard InChI is InChI=1S/C25H37FN4O7S2/c1-24(2,3)37-23(34)27-17-9-7-5-4-6-8-10-19-25(26,22(33)30(19)39(35,36)16-11-12-16)28-20(31)18-13-15(38)14-29(18)21(17)32/h8,10,15-19,38H,4-7,9,11-14H2,1-3H3,(H,27,34)(H,28,31)/b10-8-/t15-,17-,18+,19+,25-/m1/s1. The second-order valence-electron chi connectivity index (χ2n) is 11.7. The molecule has 0 radical (unpaired) electrons. The highest BCUT2D eigenvalue weighted by atomic mass is 32.2. The number of rotatable bonds is 3. The lowest BCUT2D eigenvalue weighted by molar-refractivity contribution is -0.168. The number of alkyl carbamates (subject to hydrolysis) is 1. The van der Waals surface area contributed by atoms with Crippen LogP contribution in [0.5, 0.6) is 0 Å². The zero-order chi connectivity index (χ0) is 28.8. The highest BCUT2D eigenvalue weighted by Gasteiger charge is 2.68. The number of hydrogen-bond acceptors (Lipinski definition) is 8. The summed E-state index contributed by atoms with van der Waals surface area (Å²) in [5.74, 6) is -5.77. The van der Waals surface area contributed by atoms with Crippen molar-refractivity contribution in [2.24, 2.45) is 0 Å². The number of allylic oxidation sites excluding steroid dienone is 1. The molecule has 2 N–H and O–H groups in total. The van der Waals surface area contributed by atoms with Gasteiger partial charge in [-0.05, 0) is 59.3 Å². The topological polar surface area (TPSA) is 142 Å². The molecule has 0 bridgehead atoms. The third-order valence-electron chi connectivity index (χ3n) is 7.23. The number of β-lactam (4-membered cyclic amide) rings is 1. The lowest BCUT2D eigenvalue weighted by Gasteiger charge is -2.49. The van der Waals surface area contributed by atoms with E-state index in [1.54, 1.807) is 26.8 Å². The van der Waals surface area contributed by atoms with E-state index in [0.717, 1.165) is 0 Å². The Morgan fingerprint density at radius 3 is 2.51 bits per heavy atom. The van der Waals surface area contributed by atoms with E-state index in [2.05, 4.69) is 23.3 Å². The molecule has 0 unspecified atom stereocenters. The number of fused-ring (bicyclic) bond motifs is 2. The second-order valence-corrected chi connectivity index (χ2v) is 14.5. The maximum Gasteiger partial charge on any atom is 0.408 e. The molecule has 4 rings (SSSR count). The van der Waals surface area contributed by atoms with E-state index in [1.807, 2.05) is 0 Å². The van der Waals surface area contributed by atoms with Crippen LogP contribution >= 0.6 is 12.6 Å². The summed E-state index contributed by atoms with van der Waals surface area (Å²) in [7, 11) is -4.04. The smallest absolute Gasteiger partial charge is 0.408 e. The molecule has 3 fully saturated rings. The van der Waals surface area contributed by atoms with Crippen LogP contribution in [0, 0.1) is 0 Å². The highest BCUT2D eigenvalue weighted by molar-refractivity contribution is 7.90. The second kappa shape index (κ2) is 10.9. The summed E-state index contributed by atoms with van der Waals surface area (Å²) in [5, 5.41) is 3.61. The van der Waals surface area contributed by atoms with Gasteiger partial charge in [0.25, 0.3) is 11.7 Å². The maximum atomic E-state index is 16.1. The van der Waals surface area contributed by atoms with Gasteiger partial charge in [-0.25, -0.2) is 21.9 Å². The van der Waals surface area contributed by atoms with E-state index in [9.17, 15) is 27.6 Å². The average molecular weight is 589 g/mol. The van der Waals surface area contributed by atoms with Crippen molar-refractivity contribution in [3.05, 3.63) is 12.2 Å². The number of amides is 4. The molecule has 218 valence electrons. The first-order valence-electron chi connectivity index (χ1n) is 13.4. The molecule has 0 spiro atoms. The van der Waals surface area contributed by atoms with Crippen LogP contribution in [0.4, 0.5) is 9.18 Å². The Labute approximate surface area is 233 Å². The molecule has 4 amide bonds. The van der Waals surface area contributed by atoms with Crippen LogP contribution in [0.25, 0.3) is 0 Å². The lowest BCUT2D eigenvalue weighted by Crippen LogP contribution is -2.79. The molecular weight excluding hydrogens is 551 g/mol. The predicted octanol–water partition coefficient (Wildman–Crippen LogP) is 1.78. The fourth-order valence-corrected chi connectivity index (χ4v) is 7.46. The van der Waals surface area contributed by atoms with Crippen molar-refractivity contribution in [2.75, 3.05) is 6.54 Å². The third kappa shape index (κ3) is 6.21. The first-order chi connectivity index (χ1) is 18.1. The fraction of sp³-hybridized carbons (Fsp3) is 0.760. The molecular formula is C25H37FN4O7S2. The molecule has 2 saturated heterocycles. The molecule has 3 aliphatic heterocycles. The normalized spacial score (nSPS) is 33.6. The number of sulfonamides is 1. The molecule has 0 aromatic rings. The van der Waals surface area contributed by atoms with Crippen LogP contribution in [-0.2, 0) is 29.1 Å². The van der Waals surface area contributed by atoms with Gasteiger partial charge in [-0.1, -0.05) is 25.0 Å². The Hall–Kier alpha value is -2.35. The third-order valence-corrected chi connectivity index (χ3v) is 9.86. The Morgan fingerprint density at radius 2 is 1.87 bits per heavy atom. The predicted molar refractivity (Wildman–Crippen MR) is 143 cm³/mol. The number of nitrogens with one attached hydrogen (secondary N) is 2. The van der Waals surface area contributed by atoms with Gasteiger partial charge in [0.15, 0.2) is 0 Å². The monoisotopic (exact) mass is 588 g/mol. The molecule has 0 aromatic carbocycles. The zero-order valence-electron chi connectivity index (χ0n) is 22.4. The minimum atomic E-state index is -4.04. The van der Waals surface area contributed by atoms with Gasteiger partial charge in [-0.2, -0.15) is 12.6 Å². The van der Waals surface area contributed by atoms with E-state index < -0.39 is 73.9 Å². The summed E-state index contributed by atoms with van der Waals surface area (Å²) < 4.78 is 47.7. The van der Waals surface area contributed by atoms with Gasteiger partial charge in [-0.15, -0.1) is 0 Å². The summed E-state index contributed by atoms with van der Waals surface area (Å²) in [4.78, 5) is 53.6. The fourth-order valence-electron chi connectivity index (χ4n) is 5.14. The Balaban J connectivity index is 1.60. The first-order valence-corrected chi connectivity index (χ1v) is 15.4. The van der Waals surface area contributed by atoms with Crippen molar-refractivity contribution < 1.29 is 36.7 Å². The molecule has 3 heterocycles. The van der Waals surface area contributed by atoms with Crippen LogP contribution in [0.1, 0.15) is 72.1 Å². The summed E-state index contributed by atoms with van der Waals surface area (Å²) in [6, 6.07) is -3.65. The van der Waals surface area contributed by atoms with E-state index in [1.165, 1.54) is 11.0 Å². The van der Waals surface area contributed by atoms with Gasteiger partial charge in [-0.3, -0.25) is 14.4 Å². The van der Waals surface area contributed by atoms with Crippen LogP contribution in [0.3, 0.4) is 0 Å². The van der Waals surface area contributed by atoms with Gasteiger partial charge in [0.05, 0.1) is 5.25 Å². The molecule has 1 aliphatic carbocycles. The van der Waals surface area contributed by atoms with E-state index in [4.69, 9.17) is 4.74 Å². The minimum absolute atomic E-state index is 0.0747. The van der Waals surface area contributed by atoms with Crippen LogP contribution in [-0.4, -0.2) is 88.0 Å². The van der Waals surface area contributed by atoms with Gasteiger partial charge >= 0.3 is 6.09 Å². The van der Waals surface area contributed by atoms with Crippen LogP contribution < -0.4 is 10.6 Å². The minimum Gasteiger partial charge on any atom is -0.444 e. The van der Waals surface area contributed by atoms with Crippen LogP contribution in [0.15, 0.2) is 12.2 Å². The molecule has 4 aliphatic rings. The van der Waals surface area contributed by atoms with Crippen molar-refractivity contribution in [1.82, 2.24) is 19.8 Å². The molecule has 39 heavy (non-hydrogen) atoms. The highest BCUT2D eigenvalue weighted by Crippen LogP contribution is 2.42. The summed E-state index contributed by atoms with van der Waals surface area (Å²) in [5.41, 5.74) is -0.784. The number of carbonyl (C=O) groups excluding carboxylic acids is 4. The Bertz CT molecular complexity index is 1150. The number of thiol groups is 1. The molecule has 1 saturated carbocycles. The van der Waals surface area contributed by atoms with Crippen molar-refractivity contribution in [3.63, 3.8) is 0 Å². The van der Waals surface area contributed by atoms with Crippen molar-refractivity contribution in [1.29, 1.82) is 0 Å². The lowest BCUT2D eigenvalue weighted by atomic mass is 9.94. The molecule has 11 nitrogen and oxygen atoms in total. The van der Waals surface area contributed by atoms with Gasteiger partial charge < -0.3 is 20.3 Å². The van der Waals surface area contributed by atoms with Gasteiger partial charge in [0.2, 0.25) is 21.8 Å². The van der Waals surface area contributed by atoms with E-state index in [-0.39, 0.29) is 13.0 Å². The van der Waals surface area contributed by atoms with Crippen molar-refractivity contribution >= 4 is 46.5 Å². The number of ether oxygens (including phenoxy) is 1. The van der Waals surface area contributed by atoms with Gasteiger partial charge in [0.1, 0.15) is 23.7 Å². The van der Waals surface area contributed by atoms with Crippen molar-refractivity contribution in [2.45, 2.75) is 112 Å². The van der Waals surface area contributed by atoms with E-state index in [0.29, 0.717) is 49.3 Å². The van der Waals surface area contributed by atoms with Gasteiger partial charge in [0, 0.05) is 11.8 Å². The molecule has 14 heteroatoms. The summed E-state index contributed by atoms with van der Waals surface area (Å²) >= 11 is 4.43. The largest absolute Gasteiger partial charge is 0.444 e. The van der Waals surface area contributed by atoms with Crippen LogP contribution in [0.2, 0.25) is 0 Å². The number of carbonyl (C=O) groups is 4. The number of nitrogens with zero attached hydrogens (tertiary/aromatic N) is 2.